The van der Waals surface area contributed by atoms with Gasteiger partial charge in [-0.3, -0.25) is 4.79 Å². The van der Waals surface area contributed by atoms with Gasteiger partial charge in [0.05, 0.1) is 31.7 Å². The maximum absolute atomic E-state index is 12.7. The smallest absolute Gasteiger partial charge is 0.201 e. The summed E-state index contributed by atoms with van der Waals surface area (Å²) in [6.45, 7) is 2.47. The molecule has 1 aliphatic heterocycles. The van der Waals surface area contributed by atoms with Crippen molar-refractivity contribution < 1.29 is 18.8 Å². The lowest BCUT2D eigenvalue weighted by Gasteiger charge is -2.26. The lowest BCUT2D eigenvalue weighted by molar-refractivity contribution is -0.929. The lowest BCUT2D eigenvalue weighted by Crippen LogP contribution is -3.10. The standard InChI is InChI=1S/C21H21NO4/c1-24-19-9-14-7-8-22(11-15(14)10-20(19)25-2)12-16-13-26-18-6-4-3-5-17(18)21(16)23/h3-6,9-10,13H,7-8,11-12H2,1-2H3/p+1. The van der Waals surface area contributed by atoms with E-state index in [4.69, 9.17) is 13.9 Å². The topological polar surface area (TPSA) is 53.1 Å². The zero-order chi connectivity index (χ0) is 18.1. The van der Waals surface area contributed by atoms with Crippen molar-refractivity contribution in [2.75, 3.05) is 20.8 Å². The van der Waals surface area contributed by atoms with Crippen molar-refractivity contribution >= 4 is 11.0 Å². The Labute approximate surface area is 151 Å². The van der Waals surface area contributed by atoms with Crippen molar-refractivity contribution in [3.8, 4) is 11.5 Å². The molecule has 0 radical (unpaired) electrons. The van der Waals surface area contributed by atoms with Crippen LogP contribution in [0.15, 0.2) is 51.9 Å². The fourth-order valence-corrected chi connectivity index (χ4v) is 3.69. The van der Waals surface area contributed by atoms with E-state index in [1.165, 1.54) is 16.0 Å². The number of benzene rings is 2. The highest BCUT2D eigenvalue weighted by Gasteiger charge is 2.23. The molecule has 5 heteroatoms. The van der Waals surface area contributed by atoms with E-state index in [1.807, 2.05) is 24.3 Å². The molecule has 0 aliphatic carbocycles. The van der Waals surface area contributed by atoms with E-state index in [2.05, 4.69) is 12.1 Å². The lowest BCUT2D eigenvalue weighted by atomic mass is 9.98. The Morgan fingerprint density at radius 1 is 1.08 bits per heavy atom. The highest BCUT2D eigenvalue weighted by molar-refractivity contribution is 5.76. The summed E-state index contributed by atoms with van der Waals surface area (Å²) in [6, 6.07) is 11.5. The maximum atomic E-state index is 12.7. The molecule has 5 nitrogen and oxygen atoms in total. The van der Waals surface area contributed by atoms with Crippen LogP contribution in [0.25, 0.3) is 11.0 Å². The molecule has 1 N–H and O–H groups in total. The summed E-state index contributed by atoms with van der Waals surface area (Å²) in [5, 5.41) is 0.646. The normalized spacial score (nSPS) is 16.3. The fourth-order valence-electron chi connectivity index (χ4n) is 3.69. The van der Waals surface area contributed by atoms with E-state index in [1.54, 1.807) is 20.5 Å². The van der Waals surface area contributed by atoms with Gasteiger partial charge in [-0.1, -0.05) is 12.1 Å². The van der Waals surface area contributed by atoms with Crippen molar-refractivity contribution in [3.05, 3.63) is 69.6 Å². The zero-order valence-corrected chi connectivity index (χ0v) is 15.0. The molecule has 1 aliphatic rings. The molecule has 0 fully saturated rings. The summed E-state index contributed by atoms with van der Waals surface area (Å²) in [4.78, 5) is 14.1. The van der Waals surface area contributed by atoms with Crippen molar-refractivity contribution in [1.82, 2.24) is 0 Å². The molecular formula is C21H22NO4+. The van der Waals surface area contributed by atoms with Crippen LogP contribution in [0.3, 0.4) is 0 Å². The zero-order valence-electron chi connectivity index (χ0n) is 15.0. The molecule has 0 saturated carbocycles. The monoisotopic (exact) mass is 352 g/mol. The average Bonchev–Trinajstić information content (AvgIpc) is 2.69. The molecule has 0 saturated heterocycles. The molecule has 0 bridgehead atoms. The third kappa shape index (κ3) is 2.95. The Balaban J connectivity index is 1.60. The minimum absolute atomic E-state index is 0.0671. The largest absolute Gasteiger partial charge is 0.493 e. The minimum Gasteiger partial charge on any atom is -0.493 e. The SMILES string of the molecule is COc1cc2c(cc1OC)C[NH+](Cc1coc3ccccc3c1=O)CC2. The highest BCUT2D eigenvalue weighted by atomic mass is 16.5. The summed E-state index contributed by atoms with van der Waals surface area (Å²) in [5.41, 5.74) is 3.96. The Kier molecular flexibility index (Phi) is 4.39. The van der Waals surface area contributed by atoms with Crippen LogP contribution in [0.5, 0.6) is 11.5 Å². The Bertz CT molecular complexity index is 1010. The quantitative estimate of drug-likeness (QED) is 0.780. The molecule has 1 atom stereocenters. The van der Waals surface area contributed by atoms with Crippen LogP contribution in [-0.2, 0) is 19.5 Å². The number of para-hydroxylation sites is 1. The Morgan fingerprint density at radius 3 is 2.58 bits per heavy atom. The van der Waals surface area contributed by atoms with Crippen molar-refractivity contribution in [2.45, 2.75) is 19.5 Å². The van der Waals surface area contributed by atoms with Crippen molar-refractivity contribution in [3.63, 3.8) is 0 Å². The molecule has 2 aromatic carbocycles. The first-order chi connectivity index (χ1) is 12.7. The van der Waals surface area contributed by atoms with Gasteiger partial charge in [-0.15, -0.1) is 0 Å². The highest BCUT2D eigenvalue weighted by Crippen LogP contribution is 2.31. The van der Waals surface area contributed by atoms with E-state index >= 15 is 0 Å². The van der Waals surface area contributed by atoms with E-state index in [0.717, 1.165) is 36.6 Å². The second kappa shape index (κ2) is 6.84. The van der Waals surface area contributed by atoms with Gasteiger partial charge in [0.1, 0.15) is 24.9 Å². The molecular weight excluding hydrogens is 330 g/mol. The molecule has 134 valence electrons. The van der Waals surface area contributed by atoms with E-state index in [-0.39, 0.29) is 5.43 Å². The number of methoxy groups -OCH3 is 2. The molecule has 0 spiro atoms. The summed E-state index contributed by atoms with van der Waals surface area (Å²) in [6.07, 6.45) is 2.56. The first-order valence-electron chi connectivity index (χ1n) is 8.76. The predicted octanol–water partition coefficient (Wildman–Crippen LogP) is 1.95. The third-order valence-corrected chi connectivity index (χ3v) is 5.09. The number of rotatable bonds is 4. The maximum Gasteiger partial charge on any atom is 0.201 e. The second-order valence-corrected chi connectivity index (χ2v) is 6.67. The predicted molar refractivity (Wildman–Crippen MR) is 99.0 cm³/mol. The summed E-state index contributed by atoms with van der Waals surface area (Å²) in [5.74, 6) is 1.52. The summed E-state index contributed by atoms with van der Waals surface area (Å²) < 4.78 is 16.5. The first-order valence-corrected chi connectivity index (χ1v) is 8.76. The van der Waals surface area contributed by atoms with Crippen LogP contribution < -0.4 is 19.8 Å². The Morgan fingerprint density at radius 2 is 1.81 bits per heavy atom. The van der Waals surface area contributed by atoms with Crippen LogP contribution in [-0.4, -0.2) is 20.8 Å². The van der Waals surface area contributed by atoms with Gasteiger partial charge < -0.3 is 18.8 Å². The van der Waals surface area contributed by atoms with Gasteiger partial charge in [0, 0.05) is 12.0 Å². The van der Waals surface area contributed by atoms with Crippen LogP contribution in [0.1, 0.15) is 16.7 Å². The van der Waals surface area contributed by atoms with Gasteiger partial charge >= 0.3 is 0 Å². The van der Waals surface area contributed by atoms with Crippen LogP contribution in [0.2, 0.25) is 0 Å². The van der Waals surface area contributed by atoms with E-state index in [9.17, 15) is 4.79 Å². The van der Waals surface area contributed by atoms with Gasteiger partial charge in [0.2, 0.25) is 5.43 Å². The number of hydrogen-bond acceptors (Lipinski definition) is 4. The average molecular weight is 352 g/mol. The van der Waals surface area contributed by atoms with Gasteiger partial charge in [0.15, 0.2) is 11.5 Å². The molecule has 1 aromatic heterocycles. The summed E-state index contributed by atoms with van der Waals surface area (Å²) in [7, 11) is 3.31. The van der Waals surface area contributed by atoms with Crippen molar-refractivity contribution in [2.24, 2.45) is 0 Å². The third-order valence-electron chi connectivity index (χ3n) is 5.09. The number of fused-ring (bicyclic) bond motifs is 2. The van der Waals surface area contributed by atoms with Gasteiger partial charge in [0.25, 0.3) is 0 Å². The summed E-state index contributed by atoms with van der Waals surface area (Å²) >= 11 is 0. The van der Waals surface area contributed by atoms with Gasteiger partial charge in [-0.05, 0) is 29.8 Å². The van der Waals surface area contributed by atoms with Gasteiger partial charge in [-0.2, -0.15) is 0 Å². The number of quaternary nitrogens is 1. The Hall–Kier alpha value is -2.79. The van der Waals surface area contributed by atoms with Crippen LogP contribution >= 0.6 is 0 Å². The molecule has 4 rings (SSSR count). The molecule has 1 unspecified atom stereocenters. The van der Waals surface area contributed by atoms with Gasteiger partial charge in [-0.25, -0.2) is 0 Å². The fraction of sp³-hybridized carbons (Fsp3) is 0.286. The van der Waals surface area contributed by atoms with E-state index in [0.29, 0.717) is 17.5 Å². The first kappa shape index (κ1) is 16.7. The second-order valence-electron chi connectivity index (χ2n) is 6.67. The number of nitrogens with one attached hydrogen (secondary N) is 1. The molecule has 0 amide bonds. The van der Waals surface area contributed by atoms with Crippen molar-refractivity contribution in [1.29, 1.82) is 0 Å². The minimum atomic E-state index is 0.0671. The van der Waals surface area contributed by atoms with Crippen LogP contribution in [0, 0.1) is 0 Å². The molecule has 2 heterocycles. The number of ether oxygens (including phenoxy) is 2. The van der Waals surface area contributed by atoms with Crippen LogP contribution in [0.4, 0.5) is 0 Å². The molecule has 26 heavy (non-hydrogen) atoms. The molecule has 3 aromatic rings. The number of hydrogen-bond donors (Lipinski definition) is 1. The van der Waals surface area contributed by atoms with E-state index < -0.39 is 0 Å².